The van der Waals surface area contributed by atoms with E-state index in [1.54, 1.807) is 0 Å². The molecule has 68 valence electrons. The van der Waals surface area contributed by atoms with Gasteiger partial charge in [-0.05, 0) is 25.1 Å². The normalized spacial score (nSPS) is 11.2. The van der Waals surface area contributed by atoms with E-state index in [1.165, 1.54) is 14.8 Å². The first-order chi connectivity index (χ1) is 6.84. The minimum absolute atomic E-state index is 1.08. The maximum absolute atomic E-state index is 4.57. The number of pyridine rings is 1. The van der Waals surface area contributed by atoms with Crippen molar-refractivity contribution >= 4 is 31.6 Å². The number of rotatable bonds is 0. The Labute approximate surface area is 86.0 Å². The van der Waals surface area contributed by atoms with Gasteiger partial charge in [0.25, 0.3) is 0 Å². The highest BCUT2D eigenvalue weighted by Crippen LogP contribution is 2.31. The highest BCUT2D eigenvalue weighted by Gasteiger charge is 2.04. The third-order valence-electron chi connectivity index (χ3n) is 2.36. The number of nitrogens with zero attached hydrogens (tertiary/aromatic N) is 1. The van der Waals surface area contributed by atoms with Crippen molar-refractivity contribution in [1.82, 2.24) is 4.98 Å². The Hall–Kier alpha value is -1.41. The molecule has 2 heterocycles. The summed E-state index contributed by atoms with van der Waals surface area (Å²) >= 11 is 1.81. The Morgan fingerprint density at radius 3 is 2.79 bits per heavy atom. The molecule has 0 atom stereocenters. The predicted octanol–water partition coefficient (Wildman–Crippen LogP) is 3.76. The van der Waals surface area contributed by atoms with Gasteiger partial charge in [0.05, 0.1) is 10.2 Å². The summed E-state index contributed by atoms with van der Waals surface area (Å²) in [4.78, 5) is 4.57. The zero-order valence-corrected chi connectivity index (χ0v) is 8.64. The SMILES string of the molecule is Cc1ccc2sc3ccccc3c2n1. The molecule has 14 heavy (non-hydrogen) atoms. The van der Waals surface area contributed by atoms with Crippen molar-refractivity contribution in [2.75, 3.05) is 0 Å². The smallest absolute Gasteiger partial charge is 0.0891 e. The maximum Gasteiger partial charge on any atom is 0.0891 e. The van der Waals surface area contributed by atoms with Crippen LogP contribution in [-0.2, 0) is 0 Å². The summed E-state index contributed by atoms with van der Waals surface area (Å²) in [6.07, 6.45) is 0. The second-order valence-electron chi connectivity index (χ2n) is 3.40. The molecule has 0 radical (unpaired) electrons. The monoisotopic (exact) mass is 199 g/mol. The quantitative estimate of drug-likeness (QED) is 0.537. The number of aryl methyl sites for hydroxylation is 1. The molecule has 0 aliphatic rings. The third-order valence-corrected chi connectivity index (χ3v) is 3.48. The Morgan fingerprint density at radius 1 is 1.00 bits per heavy atom. The van der Waals surface area contributed by atoms with Crippen LogP contribution in [0.25, 0.3) is 20.3 Å². The Bertz CT molecular complexity index is 610. The summed E-state index contributed by atoms with van der Waals surface area (Å²) in [5.41, 5.74) is 2.23. The molecule has 0 spiro atoms. The van der Waals surface area contributed by atoms with E-state index in [9.17, 15) is 0 Å². The molecule has 0 N–H and O–H groups in total. The largest absolute Gasteiger partial charge is 0.252 e. The van der Waals surface area contributed by atoms with E-state index in [0.29, 0.717) is 0 Å². The first-order valence-electron chi connectivity index (χ1n) is 4.59. The number of thiophene rings is 1. The molecule has 1 aromatic carbocycles. The first-order valence-corrected chi connectivity index (χ1v) is 5.41. The van der Waals surface area contributed by atoms with Gasteiger partial charge in [0.1, 0.15) is 0 Å². The van der Waals surface area contributed by atoms with Crippen LogP contribution in [0, 0.1) is 6.92 Å². The van der Waals surface area contributed by atoms with Gasteiger partial charge in [0.2, 0.25) is 0 Å². The van der Waals surface area contributed by atoms with Crippen LogP contribution in [-0.4, -0.2) is 4.98 Å². The summed E-state index contributed by atoms with van der Waals surface area (Å²) < 4.78 is 2.59. The Balaban J connectivity index is 2.58. The highest BCUT2D eigenvalue weighted by atomic mass is 32.1. The van der Waals surface area contributed by atoms with Crippen molar-refractivity contribution in [3.63, 3.8) is 0 Å². The van der Waals surface area contributed by atoms with Crippen LogP contribution in [0.2, 0.25) is 0 Å². The van der Waals surface area contributed by atoms with E-state index in [1.807, 2.05) is 18.3 Å². The lowest BCUT2D eigenvalue weighted by Gasteiger charge is -1.92. The number of benzene rings is 1. The van der Waals surface area contributed by atoms with E-state index in [4.69, 9.17) is 0 Å². The second kappa shape index (κ2) is 2.79. The topological polar surface area (TPSA) is 12.9 Å². The van der Waals surface area contributed by atoms with Crippen molar-refractivity contribution < 1.29 is 0 Å². The molecular weight excluding hydrogens is 190 g/mol. The summed E-state index contributed by atoms with van der Waals surface area (Å²) in [5.74, 6) is 0. The van der Waals surface area contributed by atoms with Crippen molar-refractivity contribution in [3.05, 3.63) is 42.1 Å². The standard InChI is InChI=1S/C12H9NS/c1-8-6-7-11-12(13-8)9-4-2-3-5-10(9)14-11/h2-7H,1H3. The van der Waals surface area contributed by atoms with Crippen molar-refractivity contribution in [2.45, 2.75) is 6.92 Å². The molecule has 3 rings (SSSR count). The van der Waals surface area contributed by atoms with Gasteiger partial charge in [-0.2, -0.15) is 0 Å². The number of hydrogen-bond donors (Lipinski definition) is 0. The third kappa shape index (κ3) is 1.04. The zero-order valence-electron chi connectivity index (χ0n) is 7.82. The lowest BCUT2D eigenvalue weighted by Crippen LogP contribution is -1.78. The van der Waals surface area contributed by atoms with Crippen LogP contribution in [0.15, 0.2) is 36.4 Å². The number of hydrogen-bond acceptors (Lipinski definition) is 2. The van der Waals surface area contributed by atoms with Crippen LogP contribution >= 0.6 is 11.3 Å². The molecule has 0 aliphatic heterocycles. The molecule has 0 unspecified atom stereocenters. The van der Waals surface area contributed by atoms with E-state index < -0.39 is 0 Å². The van der Waals surface area contributed by atoms with Crippen molar-refractivity contribution in [3.8, 4) is 0 Å². The Morgan fingerprint density at radius 2 is 1.86 bits per heavy atom. The minimum atomic E-state index is 1.08. The summed E-state index contributed by atoms with van der Waals surface area (Å²) in [6, 6.07) is 12.7. The molecule has 3 aromatic rings. The Kier molecular flexibility index (Phi) is 1.58. The minimum Gasteiger partial charge on any atom is -0.252 e. The average Bonchev–Trinajstić information content (AvgIpc) is 2.56. The van der Waals surface area contributed by atoms with Gasteiger partial charge >= 0.3 is 0 Å². The van der Waals surface area contributed by atoms with Gasteiger partial charge in [0, 0.05) is 15.8 Å². The molecule has 0 bridgehead atoms. The van der Waals surface area contributed by atoms with E-state index in [-0.39, 0.29) is 0 Å². The molecule has 0 fully saturated rings. The van der Waals surface area contributed by atoms with E-state index in [0.717, 1.165) is 11.2 Å². The number of fused-ring (bicyclic) bond motifs is 3. The fourth-order valence-electron chi connectivity index (χ4n) is 1.69. The fraction of sp³-hybridized carbons (Fsp3) is 0.0833. The van der Waals surface area contributed by atoms with Gasteiger partial charge in [-0.1, -0.05) is 18.2 Å². The van der Waals surface area contributed by atoms with Gasteiger partial charge in [-0.25, -0.2) is 0 Å². The molecule has 1 nitrogen and oxygen atoms in total. The summed E-state index contributed by atoms with van der Waals surface area (Å²) in [5, 5.41) is 1.27. The average molecular weight is 199 g/mol. The van der Waals surface area contributed by atoms with Crippen LogP contribution in [0.4, 0.5) is 0 Å². The maximum atomic E-state index is 4.57. The van der Waals surface area contributed by atoms with Gasteiger partial charge in [-0.3, -0.25) is 4.98 Å². The van der Waals surface area contributed by atoms with E-state index >= 15 is 0 Å². The predicted molar refractivity (Wildman–Crippen MR) is 61.9 cm³/mol. The fourth-order valence-corrected chi connectivity index (χ4v) is 2.74. The van der Waals surface area contributed by atoms with Gasteiger partial charge in [0.15, 0.2) is 0 Å². The first kappa shape index (κ1) is 7.94. The lowest BCUT2D eigenvalue weighted by atomic mass is 10.2. The lowest BCUT2D eigenvalue weighted by molar-refractivity contribution is 1.27. The second-order valence-corrected chi connectivity index (χ2v) is 4.48. The molecule has 2 aromatic heterocycles. The van der Waals surface area contributed by atoms with Crippen molar-refractivity contribution in [2.24, 2.45) is 0 Å². The van der Waals surface area contributed by atoms with Crippen LogP contribution < -0.4 is 0 Å². The van der Waals surface area contributed by atoms with Crippen LogP contribution in [0.3, 0.4) is 0 Å². The van der Waals surface area contributed by atoms with E-state index in [2.05, 4.69) is 41.4 Å². The number of aromatic nitrogens is 1. The molecule has 0 saturated heterocycles. The molecular formula is C12H9NS. The molecule has 0 aliphatic carbocycles. The zero-order chi connectivity index (χ0) is 9.54. The van der Waals surface area contributed by atoms with Crippen LogP contribution in [0.1, 0.15) is 5.69 Å². The summed E-state index contributed by atoms with van der Waals surface area (Å²) in [6.45, 7) is 2.03. The molecule has 0 amide bonds. The molecule has 0 saturated carbocycles. The van der Waals surface area contributed by atoms with Crippen molar-refractivity contribution in [1.29, 1.82) is 0 Å². The van der Waals surface area contributed by atoms with Gasteiger partial charge < -0.3 is 0 Å². The summed E-state index contributed by atoms with van der Waals surface area (Å²) in [7, 11) is 0. The highest BCUT2D eigenvalue weighted by molar-refractivity contribution is 7.25. The van der Waals surface area contributed by atoms with Gasteiger partial charge in [-0.15, -0.1) is 11.3 Å². The molecule has 2 heteroatoms. The van der Waals surface area contributed by atoms with Crippen LogP contribution in [0.5, 0.6) is 0 Å².